The minimum Gasteiger partial charge on any atom is -0.496 e. The summed E-state index contributed by atoms with van der Waals surface area (Å²) in [4.78, 5) is 17.3. The van der Waals surface area contributed by atoms with Gasteiger partial charge in [-0.15, -0.1) is 0 Å². The molecule has 1 aliphatic heterocycles. The van der Waals surface area contributed by atoms with Crippen molar-refractivity contribution in [3.05, 3.63) is 89.2 Å². The van der Waals surface area contributed by atoms with Crippen molar-refractivity contribution in [2.45, 2.75) is 19.6 Å². The molecule has 1 aromatic heterocycles. The molecule has 0 unspecified atom stereocenters. The maximum Gasteiger partial charge on any atom is 0.255 e. The van der Waals surface area contributed by atoms with Gasteiger partial charge in [0.1, 0.15) is 5.75 Å². The average molecular weight is 398 g/mol. The van der Waals surface area contributed by atoms with Gasteiger partial charge in [0.05, 0.1) is 31.0 Å². The van der Waals surface area contributed by atoms with E-state index in [1.807, 2.05) is 54.6 Å². The van der Waals surface area contributed by atoms with Gasteiger partial charge in [-0.25, -0.2) is 4.98 Å². The molecule has 0 spiro atoms. The van der Waals surface area contributed by atoms with E-state index in [0.717, 1.165) is 41.1 Å². The number of para-hydroxylation sites is 1. The number of methoxy groups -OCH3 is 1. The Morgan fingerprint density at radius 1 is 1.10 bits per heavy atom. The summed E-state index contributed by atoms with van der Waals surface area (Å²) in [5.74, 6) is 0.710. The Morgan fingerprint density at radius 2 is 1.97 bits per heavy atom. The Hall–Kier alpha value is -3.64. The zero-order valence-electron chi connectivity index (χ0n) is 16.7. The van der Waals surface area contributed by atoms with Crippen LogP contribution in [0.5, 0.6) is 5.75 Å². The smallest absolute Gasteiger partial charge is 0.255 e. The second-order valence-corrected chi connectivity index (χ2v) is 7.43. The number of hydrogen-bond acceptors (Lipinski definition) is 4. The number of aromatic nitrogens is 2. The summed E-state index contributed by atoms with van der Waals surface area (Å²) in [6.07, 6.45) is 1.80. The first kappa shape index (κ1) is 18.4. The van der Waals surface area contributed by atoms with Crippen LogP contribution in [0.2, 0.25) is 0 Å². The van der Waals surface area contributed by atoms with E-state index in [-0.39, 0.29) is 5.91 Å². The minimum atomic E-state index is -0.137. The van der Waals surface area contributed by atoms with Crippen LogP contribution in [0.25, 0.3) is 11.0 Å². The molecule has 2 heterocycles. The van der Waals surface area contributed by atoms with E-state index in [4.69, 9.17) is 4.74 Å². The number of nitrogens with zero attached hydrogens (tertiary/aromatic N) is 2. The van der Waals surface area contributed by atoms with Crippen LogP contribution < -0.4 is 15.4 Å². The largest absolute Gasteiger partial charge is 0.496 e. The number of hydrogen-bond donors (Lipinski definition) is 2. The van der Waals surface area contributed by atoms with Gasteiger partial charge in [0.2, 0.25) is 0 Å². The van der Waals surface area contributed by atoms with Crippen LogP contribution in [0, 0.1) is 0 Å². The molecule has 0 saturated carbocycles. The third-order valence-electron chi connectivity index (χ3n) is 5.51. The molecule has 0 aliphatic carbocycles. The Kier molecular flexibility index (Phi) is 4.69. The molecule has 0 bridgehead atoms. The second kappa shape index (κ2) is 7.65. The highest BCUT2D eigenvalue weighted by atomic mass is 16.5. The maximum absolute atomic E-state index is 12.8. The van der Waals surface area contributed by atoms with Gasteiger partial charge < -0.3 is 19.9 Å². The van der Waals surface area contributed by atoms with E-state index in [2.05, 4.69) is 26.3 Å². The maximum atomic E-state index is 12.8. The number of rotatable bonds is 5. The van der Waals surface area contributed by atoms with Crippen molar-refractivity contribution in [1.29, 1.82) is 0 Å². The molecule has 4 aromatic rings. The number of imidazole rings is 1. The van der Waals surface area contributed by atoms with Crippen molar-refractivity contribution in [3.8, 4) is 5.75 Å². The molecular formula is C24H22N4O2. The lowest BCUT2D eigenvalue weighted by molar-refractivity contribution is 0.102. The zero-order chi connectivity index (χ0) is 20.5. The molecule has 0 saturated heterocycles. The first-order valence-corrected chi connectivity index (χ1v) is 9.92. The van der Waals surface area contributed by atoms with Crippen LogP contribution in [-0.4, -0.2) is 22.6 Å². The van der Waals surface area contributed by atoms with Crippen LogP contribution in [0.15, 0.2) is 67.0 Å². The van der Waals surface area contributed by atoms with Crippen molar-refractivity contribution in [1.82, 2.24) is 14.9 Å². The Labute approximate surface area is 174 Å². The summed E-state index contributed by atoms with van der Waals surface area (Å²) in [5.41, 5.74) is 6.75. The first-order chi connectivity index (χ1) is 14.7. The number of anilines is 1. The van der Waals surface area contributed by atoms with E-state index in [1.165, 1.54) is 11.1 Å². The van der Waals surface area contributed by atoms with Crippen LogP contribution in [0.1, 0.15) is 27.0 Å². The molecule has 3 aromatic carbocycles. The lowest BCUT2D eigenvalue weighted by atomic mass is 10.1. The number of carbonyl (C=O) groups excluding carboxylic acids is 1. The molecule has 150 valence electrons. The van der Waals surface area contributed by atoms with Gasteiger partial charge in [-0.3, -0.25) is 4.79 Å². The highest BCUT2D eigenvalue weighted by molar-refractivity contribution is 6.06. The van der Waals surface area contributed by atoms with Gasteiger partial charge in [-0.2, -0.15) is 0 Å². The number of benzene rings is 3. The van der Waals surface area contributed by atoms with E-state index in [0.29, 0.717) is 12.1 Å². The molecule has 1 aliphatic rings. The van der Waals surface area contributed by atoms with Crippen molar-refractivity contribution in [2.24, 2.45) is 0 Å². The van der Waals surface area contributed by atoms with Gasteiger partial charge in [0.25, 0.3) is 5.91 Å². The topological polar surface area (TPSA) is 68.2 Å². The third kappa shape index (κ3) is 3.42. The third-order valence-corrected chi connectivity index (χ3v) is 5.51. The number of carbonyl (C=O) groups is 1. The fourth-order valence-electron chi connectivity index (χ4n) is 3.92. The van der Waals surface area contributed by atoms with Gasteiger partial charge in [-0.05, 0) is 47.5 Å². The van der Waals surface area contributed by atoms with Crippen LogP contribution in [-0.2, 0) is 19.6 Å². The Balaban J connectivity index is 1.37. The summed E-state index contributed by atoms with van der Waals surface area (Å²) in [6, 6.07) is 19.6. The first-order valence-electron chi connectivity index (χ1n) is 9.92. The predicted molar refractivity (Wildman–Crippen MR) is 117 cm³/mol. The molecule has 5 rings (SSSR count). The molecule has 30 heavy (non-hydrogen) atoms. The van der Waals surface area contributed by atoms with Crippen molar-refractivity contribution >= 4 is 22.6 Å². The monoisotopic (exact) mass is 398 g/mol. The number of fused-ring (bicyclic) bond motifs is 2. The zero-order valence-corrected chi connectivity index (χ0v) is 16.7. The summed E-state index contributed by atoms with van der Waals surface area (Å²) < 4.78 is 7.51. The highest BCUT2D eigenvalue weighted by Crippen LogP contribution is 2.23. The molecule has 0 fully saturated rings. The normalized spacial score (nSPS) is 12.7. The molecule has 1 amide bonds. The number of ether oxygens (including phenoxy) is 1. The van der Waals surface area contributed by atoms with Gasteiger partial charge in [-0.1, -0.05) is 24.3 Å². The highest BCUT2D eigenvalue weighted by Gasteiger charge is 2.14. The Bertz CT molecular complexity index is 1250. The van der Waals surface area contributed by atoms with E-state index < -0.39 is 0 Å². The van der Waals surface area contributed by atoms with Crippen LogP contribution in [0.4, 0.5) is 5.69 Å². The van der Waals surface area contributed by atoms with E-state index in [1.54, 1.807) is 13.4 Å². The Morgan fingerprint density at radius 3 is 2.87 bits per heavy atom. The van der Waals surface area contributed by atoms with Gasteiger partial charge in [0.15, 0.2) is 0 Å². The fraction of sp³-hybridized carbons (Fsp3) is 0.167. The number of nitrogens with one attached hydrogen (secondary N) is 2. The average Bonchev–Trinajstić information content (AvgIpc) is 3.40. The second-order valence-electron chi connectivity index (χ2n) is 7.43. The number of amides is 1. The van der Waals surface area contributed by atoms with Crippen molar-refractivity contribution in [3.63, 3.8) is 0 Å². The van der Waals surface area contributed by atoms with Crippen LogP contribution in [0.3, 0.4) is 0 Å². The molecule has 6 heteroatoms. The van der Waals surface area contributed by atoms with Gasteiger partial charge in [0, 0.05) is 29.9 Å². The van der Waals surface area contributed by atoms with Crippen molar-refractivity contribution in [2.75, 3.05) is 12.4 Å². The van der Waals surface area contributed by atoms with Crippen LogP contribution >= 0.6 is 0 Å². The van der Waals surface area contributed by atoms with Crippen molar-refractivity contribution < 1.29 is 9.53 Å². The quantitative estimate of drug-likeness (QED) is 0.534. The summed E-state index contributed by atoms with van der Waals surface area (Å²) in [6.45, 7) is 2.38. The van der Waals surface area contributed by atoms with E-state index in [9.17, 15) is 4.79 Å². The minimum absolute atomic E-state index is 0.137. The van der Waals surface area contributed by atoms with Gasteiger partial charge >= 0.3 is 0 Å². The fourth-order valence-corrected chi connectivity index (χ4v) is 3.92. The molecule has 0 atom stereocenters. The standard InChI is InChI=1S/C24H22N4O2/c1-30-23-5-3-2-4-18(23)14-28-15-26-21-11-16(7-9-22(21)28)24(29)27-20-8-6-17-12-25-13-19(17)10-20/h2-11,15,25H,12-14H2,1H3,(H,27,29). The molecule has 2 N–H and O–H groups in total. The SMILES string of the molecule is COc1ccccc1Cn1cnc2cc(C(=O)Nc3ccc4c(c3)CNC4)ccc21. The predicted octanol–water partition coefficient (Wildman–Crippen LogP) is 3.95. The summed E-state index contributed by atoms with van der Waals surface area (Å²) in [5, 5.41) is 6.31. The van der Waals surface area contributed by atoms with E-state index >= 15 is 0 Å². The lowest BCUT2D eigenvalue weighted by Crippen LogP contribution is -2.12. The summed E-state index contributed by atoms with van der Waals surface area (Å²) in [7, 11) is 1.67. The molecule has 0 radical (unpaired) electrons. The molecular weight excluding hydrogens is 376 g/mol. The summed E-state index contributed by atoms with van der Waals surface area (Å²) >= 11 is 0. The molecule has 6 nitrogen and oxygen atoms in total. The lowest BCUT2D eigenvalue weighted by Gasteiger charge is -2.10.